The van der Waals surface area contributed by atoms with Crippen LogP contribution in [-0.4, -0.2) is 13.4 Å². The lowest BCUT2D eigenvalue weighted by atomic mass is 10.3. The summed E-state index contributed by atoms with van der Waals surface area (Å²) in [7, 11) is -3.63. The quantitative estimate of drug-likeness (QED) is 0.835. The Hall–Kier alpha value is -1.12. The van der Waals surface area contributed by atoms with Crippen molar-refractivity contribution < 1.29 is 8.42 Å². The number of sulfonamides is 1. The van der Waals surface area contributed by atoms with Gasteiger partial charge in [0.25, 0.3) is 10.0 Å². The first-order valence-electron chi connectivity index (χ1n) is 4.89. The number of nitrogens with one attached hydrogen (secondary N) is 1. The van der Waals surface area contributed by atoms with Crippen molar-refractivity contribution in [1.29, 1.82) is 0 Å². The Balaban J connectivity index is 2.33. The van der Waals surface area contributed by atoms with Crippen LogP contribution < -0.4 is 10.5 Å². The van der Waals surface area contributed by atoms with Crippen LogP contribution in [0, 0.1) is 6.92 Å². The normalized spacial score (nSPS) is 11.4. The third kappa shape index (κ3) is 2.82. The van der Waals surface area contributed by atoms with E-state index in [1.807, 2.05) is 6.92 Å². The molecule has 0 radical (unpaired) electrons. The van der Waals surface area contributed by atoms with Crippen LogP contribution in [0.5, 0.6) is 0 Å². The molecule has 0 fully saturated rings. The van der Waals surface area contributed by atoms with Gasteiger partial charge in [-0.1, -0.05) is 0 Å². The van der Waals surface area contributed by atoms with E-state index in [1.165, 1.54) is 29.5 Å². The van der Waals surface area contributed by atoms with E-state index in [-0.39, 0.29) is 4.90 Å². The van der Waals surface area contributed by atoms with Crippen molar-refractivity contribution in [3.8, 4) is 0 Å². The summed E-state index contributed by atoms with van der Waals surface area (Å²) in [4.78, 5) is 5.03. The second kappa shape index (κ2) is 4.87. The number of aryl methyl sites for hydroxylation is 1. The third-order valence-electron chi connectivity index (χ3n) is 2.13. The third-order valence-corrected chi connectivity index (χ3v) is 5.11. The van der Waals surface area contributed by atoms with Gasteiger partial charge in [0.05, 0.1) is 4.90 Å². The first-order chi connectivity index (χ1) is 8.38. The Bertz CT molecular complexity index is 682. The zero-order valence-electron chi connectivity index (χ0n) is 9.34. The molecule has 0 saturated heterocycles. The predicted molar refractivity (Wildman–Crippen MR) is 76.2 cm³/mol. The summed E-state index contributed by atoms with van der Waals surface area (Å²) in [6.45, 7) is 1.86. The fraction of sp³-hybridized carbons (Fsp3) is 0.100. The fourth-order valence-electron chi connectivity index (χ4n) is 1.25. The zero-order chi connectivity index (χ0) is 13.3. The number of rotatable bonds is 3. The van der Waals surface area contributed by atoms with Gasteiger partial charge in [-0.05, 0) is 41.1 Å². The van der Waals surface area contributed by atoms with Gasteiger partial charge in [-0.25, -0.2) is 13.4 Å². The van der Waals surface area contributed by atoms with Crippen molar-refractivity contribution in [2.45, 2.75) is 11.8 Å². The van der Waals surface area contributed by atoms with Crippen molar-refractivity contribution in [3.05, 3.63) is 33.7 Å². The highest BCUT2D eigenvalue weighted by molar-refractivity contribution is 9.10. The predicted octanol–water partition coefficient (Wildman–Crippen LogP) is 2.60. The maximum Gasteiger partial charge on any atom is 0.263 e. The highest BCUT2D eigenvalue weighted by Crippen LogP contribution is 2.25. The van der Waals surface area contributed by atoms with Crippen LogP contribution in [0.1, 0.15) is 4.88 Å². The van der Waals surface area contributed by atoms with Crippen LogP contribution in [-0.2, 0) is 10.0 Å². The Morgan fingerprint density at radius 2 is 2.17 bits per heavy atom. The Morgan fingerprint density at radius 1 is 1.44 bits per heavy atom. The molecule has 8 heteroatoms. The van der Waals surface area contributed by atoms with E-state index in [0.717, 1.165) is 4.88 Å². The lowest BCUT2D eigenvalue weighted by Crippen LogP contribution is -2.12. The molecule has 1 aromatic heterocycles. The molecule has 0 bridgehead atoms. The molecule has 3 N–H and O–H groups in total. The number of nitrogens with two attached hydrogens (primary N) is 1. The molecule has 0 unspecified atom stereocenters. The number of hydrogen-bond donors (Lipinski definition) is 2. The van der Waals surface area contributed by atoms with Crippen LogP contribution in [0.3, 0.4) is 0 Å². The van der Waals surface area contributed by atoms with E-state index in [1.54, 1.807) is 6.20 Å². The highest BCUT2D eigenvalue weighted by atomic mass is 79.9. The van der Waals surface area contributed by atoms with Crippen LogP contribution in [0.2, 0.25) is 0 Å². The monoisotopic (exact) mass is 347 g/mol. The smallest absolute Gasteiger partial charge is 0.263 e. The van der Waals surface area contributed by atoms with Gasteiger partial charge in [0.15, 0.2) is 5.13 Å². The molecule has 2 rings (SSSR count). The largest absolute Gasteiger partial charge is 0.398 e. The van der Waals surface area contributed by atoms with Crippen molar-refractivity contribution in [2.75, 3.05) is 10.5 Å². The number of hydrogen-bond acceptors (Lipinski definition) is 5. The van der Waals surface area contributed by atoms with E-state index >= 15 is 0 Å². The van der Waals surface area contributed by atoms with Crippen molar-refractivity contribution in [2.24, 2.45) is 0 Å². The number of nitrogen functional groups attached to an aromatic ring is 1. The first-order valence-corrected chi connectivity index (χ1v) is 7.98. The maximum atomic E-state index is 12.1. The first kappa shape index (κ1) is 13.3. The summed E-state index contributed by atoms with van der Waals surface area (Å²) in [6, 6.07) is 4.44. The lowest BCUT2D eigenvalue weighted by Gasteiger charge is -2.06. The van der Waals surface area contributed by atoms with Gasteiger partial charge >= 0.3 is 0 Å². The zero-order valence-corrected chi connectivity index (χ0v) is 12.6. The summed E-state index contributed by atoms with van der Waals surface area (Å²) in [5.74, 6) is 0. The number of aromatic nitrogens is 1. The number of nitrogens with zero attached hydrogens (tertiary/aromatic N) is 1. The van der Waals surface area contributed by atoms with Crippen molar-refractivity contribution >= 4 is 48.1 Å². The maximum absolute atomic E-state index is 12.1. The molecule has 0 spiro atoms. The second-order valence-corrected chi connectivity index (χ2v) is 7.34. The summed E-state index contributed by atoms with van der Waals surface area (Å²) in [6.07, 6.45) is 1.61. The Morgan fingerprint density at radius 3 is 2.72 bits per heavy atom. The molecule has 0 aliphatic carbocycles. The number of halogens is 1. The molecule has 1 aromatic carbocycles. The second-order valence-electron chi connectivity index (χ2n) is 3.56. The molecule has 18 heavy (non-hydrogen) atoms. The Kier molecular flexibility index (Phi) is 3.60. The van der Waals surface area contributed by atoms with Gasteiger partial charge in [-0.15, -0.1) is 11.3 Å². The topological polar surface area (TPSA) is 85.1 Å². The summed E-state index contributed by atoms with van der Waals surface area (Å²) in [5, 5.41) is 0.348. The summed E-state index contributed by atoms with van der Waals surface area (Å²) in [5.41, 5.74) is 6.10. The highest BCUT2D eigenvalue weighted by Gasteiger charge is 2.16. The molecule has 0 atom stereocenters. The van der Waals surface area contributed by atoms with Crippen LogP contribution in [0.15, 0.2) is 33.8 Å². The average Bonchev–Trinajstić information content (AvgIpc) is 2.67. The molecule has 96 valence electrons. The number of anilines is 2. The van der Waals surface area contributed by atoms with Gasteiger partial charge < -0.3 is 5.73 Å². The van der Waals surface area contributed by atoms with E-state index in [2.05, 4.69) is 25.6 Å². The Labute approximate surface area is 117 Å². The minimum Gasteiger partial charge on any atom is -0.398 e. The molecular formula is C10H10BrN3O2S2. The van der Waals surface area contributed by atoms with E-state index in [0.29, 0.717) is 15.3 Å². The molecule has 2 aromatic rings. The molecule has 0 aliphatic heterocycles. The fourth-order valence-corrected chi connectivity index (χ4v) is 3.71. The lowest BCUT2D eigenvalue weighted by molar-refractivity contribution is 0.601. The molecular weight excluding hydrogens is 338 g/mol. The average molecular weight is 348 g/mol. The van der Waals surface area contributed by atoms with Gasteiger partial charge in [0.2, 0.25) is 0 Å². The van der Waals surface area contributed by atoms with Gasteiger partial charge in [-0.3, -0.25) is 4.72 Å². The molecule has 5 nitrogen and oxygen atoms in total. The molecule has 0 aliphatic rings. The van der Waals surface area contributed by atoms with E-state index < -0.39 is 10.0 Å². The van der Waals surface area contributed by atoms with Crippen LogP contribution in [0.25, 0.3) is 0 Å². The van der Waals surface area contributed by atoms with E-state index in [4.69, 9.17) is 5.73 Å². The number of benzene rings is 1. The minimum absolute atomic E-state index is 0.136. The summed E-state index contributed by atoms with van der Waals surface area (Å²) >= 11 is 4.48. The van der Waals surface area contributed by atoms with Crippen LogP contribution >= 0.6 is 27.3 Å². The van der Waals surface area contributed by atoms with Gasteiger partial charge in [0.1, 0.15) is 0 Å². The number of thiazole rings is 1. The van der Waals surface area contributed by atoms with Gasteiger partial charge in [0, 0.05) is 21.2 Å². The van der Waals surface area contributed by atoms with E-state index in [9.17, 15) is 8.42 Å². The van der Waals surface area contributed by atoms with Crippen molar-refractivity contribution in [1.82, 2.24) is 4.98 Å². The molecule has 0 saturated carbocycles. The summed E-state index contributed by atoms with van der Waals surface area (Å²) < 4.78 is 27.1. The standard InChI is InChI=1S/C10H10BrN3O2S2/c1-6-5-13-10(17-6)14-18(15,16)7-2-3-9(12)8(11)4-7/h2-5H,12H2,1H3,(H,13,14). The SMILES string of the molecule is Cc1cnc(NS(=O)(=O)c2ccc(N)c(Br)c2)s1. The molecule has 1 heterocycles. The molecule has 0 amide bonds. The van der Waals surface area contributed by atoms with Gasteiger partial charge in [-0.2, -0.15) is 0 Å². The van der Waals surface area contributed by atoms with Crippen LogP contribution in [0.4, 0.5) is 10.8 Å². The minimum atomic E-state index is -3.63. The van der Waals surface area contributed by atoms with Crippen molar-refractivity contribution in [3.63, 3.8) is 0 Å².